The standard InChI is InChI=1S/C20H30N2O3/c23-20(21-11-5-14-22-12-2-1-3-13-22)17-7-9-18(10-8-17)25-16-19-6-4-15-24-19/h7-10,19H,1-6,11-16H2,(H,21,23). The van der Waals surface area contributed by atoms with Gasteiger partial charge in [0.15, 0.2) is 0 Å². The van der Waals surface area contributed by atoms with Crippen LogP contribution in [0.1, 0.15) is 48.9 Å². The van der Waals surface area contributed by atoms with Gasteiger partial charge in [-0.2, -0.15) is 0 Å². The van der Waals surface area contributed by atoms with E-state index in [2.05, 4.69) is 10.2 Å². The number of nitrogens with one attached hydrogen (secondary N) is 1. The molecule has 1 N–H and O–H groups in total. The molecule has 0 aliphatic carbocycles. The van der Waals surface area contributed by atoms with Crippen molar-refractivity contribution in [1.29, 1.82) is 0 Å². The molecule has 1 unspecified atom stereocenters. The van der Waals surface area contributed by atoms with E-state index in [1.165, 1.54) is 32.4 Å². The monoisotopic (exact) mass is 346 g/mol. The lowest BCUT2D eigenvalue weighted by Gasteiger charge is -2.26. The Morgan fingerprint density at radius 3 is 2.68 bits per heavy atom. The van der Waals surface area contributed by atoms with E-state index in [1.807, 2.05) is 24.3 Å². The first-order chi connectivity index (χ1) is 12.3. The van der Waals surface area contributed by atoms with Crippen molar-refractivity contribution >= 4 is 5.91 Å². The van der Waals surface area contributed by atoms with Crippen LogP contribution < -0.4 is 10.1 Å². The molecule has 0 saturated carbocycles. The Labute approximate surface area is 150 Å². The van der Waals surface area contributed by atoms with Gasteiger partial charge >= 0.3 is 0 Å². The molecule has 2 fully saturated rings. The van der Waals surface area contributed by atoms with Gasteiger partial charge in [0.1, 0.15) is 12.4 Å². The molecule has 1 atom stereocenters. The number of rotatable bonds is 8. The fourth-order valence-corrected chi connectivity index (χ4v) is 3.46. The van der Waals surface area contributed by atoms with Gasteiger partial charge in [-0.3, -0.25) is 4.79 Å². The molecule has 1 amide bonds. The number of carbonyl (C=O) groups excluding carboxylic acids is 1. The molecule has 25 heavy (non-hydrogen) atoms. The number of hydrogen-bond donors (Lipinski definition) is 1. The summed E-state index contributed by atoms with van der Waals surface area (Å²) in [5.74, 6) is 0.779. The van der Waals surface area contributed by atoms with Crippen molar-refractivity contribution in [3.05, 3.63) is 29.8 Å². The van der Waals surface area contributed by atoms with Crippen LogP contribution >= 0.6 is 0 Å². The average molecular weight is 346 g/mol. The van der Waals surface area contributed by atoms with Gasteiger partial charge in [-0.1, -0.05) is 6.42 Å². The Kier molecular flexibility index (Phi) is 7.12. The van der Waals surface area contributed by atoms with Gasteiger partial charge in [-0.05, 0) is 76.0 Å². The Bertz CT molecular complexity index is 520. The average Bonchev–Trinajstić information content (AvgIpc) is 3.18. The van der Waals surface area contributed by atoms with Crippen LogP contribution in [-0.2, 0) is 4.74 Å². The second-order valence-electron chi connectivity index (χ2n) is 6.98. The summed E-state index contributed by atoms with van der Waals surface area (Å²) in [6.45, 7) is 5.65. The van der Waals surface area contributed by atoms with Crippen LogP contribution in [-0.4, -0.2) is 56.3 Å². The minimum atomic E-state index is -0.00989. The third-order valence-corrected chi connectivity index (χ3v) is 4.96. The number of benzene rings is 1. The van der Waals surface area contributed by atoms with Gasteiger partial charge in [-0.15, -0.1) is 0 Å². The normalized spacial score (nSPS) is 21.2. The van der Waals surface area contributed by atoms with Crippen molar-refractivity contribution < 1.29 is 14.3 Å². The zero-order valence-electron chi connectivity index (χ0n) is 15.0. The molecule has 2 saturated heterocycles. The Morgan fingerprint density at radius 2 is 1.96 bits per heavy atom. The van der Waals surface area contributed by atoms with Crippen LogP contribution in [0.25, 0.3) is 0 Å². The van der Waals surface area contributed by atoms with Gasteiger partial charge < -0.3 is 19.7 Å². The van der Waals surface area contributed by atoms with E-state index in [0.717, 1.165) is 44.7 Å². The smallest absolute Gasteiger partial charge is 0.251 e. The minimum absolute atomic E-state index is 0.00989. The molecule has 2 aliphatic rings. The molecule has 1 aromatic rings. The highest BCUT2D eigenvalue weighted by Gasteiger charge is 2.16. The van der Waals surface area contributed by atoms with Gasteiger partial charge in [0, 0.05) is 18.7 Å². The fraction of sp³-hybridized carbons (Fsp3) is 0.650. The van der Waals surface area contributed by atoms with Gasteiger partial charge in [0.2, 0.25) is 0 Å². The lowest BCUT2D eigenvalue weighted by atomic mass is 10.1. The molecule has 2 aliphatic heterocycles. The predicted molar refractivity (Wildman–Crippen MR) is 98.2 cm³/mol. The maximum atomic E-state index is 12.2. The van der Waals surface area contributed by atoms with E-state index >= 15 is 0 Å². The van der Waals surface area contributed by atoms with Gasteiger partial charge in [0.05, 0.1) is 6.10 Å². The van der Waals surface area contributed by atoms with Crippen LogP contribution in [0.15, 0.2) is 24.3 Å². The number of amides is 1. The van der Waals surface area contributed by atoms with Crippen LogP contribution in [0.4, 0.5) is 0 Å². The van der Waals surface area contributed by atoms with Crippen LogP contribution in [0.5, 0.6) is 5.75 Å². The van der Waals surface area contributed by atoms with Crippen LogP contribution in [0, 0.1) is 0 Å². The van der Waals surface area contributed by atoms with E-state index in [-0.39, 0.29) is 12.0 Å². The SMILES string of the molecule is O=C(NCCCN1CCCCC1)c1ccc(OCC2CCCO2)cc1. The molecule has 5 heteroatoms. The molecule has 138 valence electrons. The zero-order valence-corrected chi connectivity index (χ0v) is 15.0. The first kappa shape index (κ1) is 18.2. The summed E-state index contributed by atoms with van der Waals surface area (Å²) in [6.07, 6.45) is 7.39. The highest BCUT2D eigenvalue weighted by Crippen LogP contribution is 2.16. The maximum Gasteiger partial charge on any atom is 0.251 e. The number of likely N-dealkylation sites (tertiary alicyclic amines) is 1. The van der Waals surface area contributed by atoms with Crippen LogP contribution in [0.2, 0.25) is 0 Å². The first-order valence-corrected chi connectivity index (χ1v) is 9.66. The summed E-state index contributed by atoms with van der Waals surface area (Å²) in [6, 6.07) is 7.37. The molecule has 1 aromatic carbocycles. The molecular formula is C20H30N2O3. The van der Waals surface area contributed by atoms with Crippen molar-refractivity contribution in [3.63, 3.8) is 0 Å². The number of carbonyl (C=O) groups is 1. The molecule has 2 heterocycles. The fourth-order valence-electron chi connectivity index (χ4n) is 3.46. The van der Waals surface area contributed by atoms with Crippen molar-refractivity contribution in [2.75, 3.05) is 39.4 Å². The lowest BCUT2D eigenvalue weighted by molar-refractivity contribution is 0.0679. The Morgan fingerprint density at radius 1 is 1.16 bits per heavy atom. The summed E-state index contributed by atoms with van der Waals surface area (Å²) in [4.78, 5) is 14.7. The summed E-state index contributed by atoms with van der Waals surface area (Å²) in [5.41, 5.74) is 0.683. The van der Waals surface area contributed by atoms with Crippen molar-refractivity contribution in [2.24, 2.45) is 0 Å². The zero-order chi connectivity index (χ0) is 17.3. The molecule has 3 rings (SSSR count). The molecule has 0 spiro atoms. The second-order valence-corrected chi connectivity index (χ2v) is 6.98. The first-order valence-electron chi connectivity index (χ1n) is 9.66. The largest absolute Gasteiger partial charge is 0.491 e. The highest BCUT2D eigenvalue weighted by atomic mass is 16.5. The summed E-state index contributed by atoms with van der Waals surface area (Å²) in [5, 5.41) is 3.01. The number of nitrogens with zero attached hydrogens (tertiary/aromatic N) is 1. The van der Waals surface area contributed by atoms with E-state index in [9.17, 15) is 4.79 Å². The van der Waals surface area contributed by atoms with E-state index < -0.39 is 0 Å². The molecule has 0 radical (unpaired) electrons. The quantitative estimate of drug-likeness (QED) is 0.736. The van der Waals surface area contributed by atoms with Crippen molar-refractivity contribution in [3.8, 4) is 5.75 Å². The van der Waals surface area contributed by atoms with E-state index in [0.29, 0.717) is 12.2 Å². The topological polar surface area (TPSA) is 50.8 Å². The molecule has 5 nitrogen and oxygen atoms in total. The Hall–Kier alpha value is -1.59. The number of ether oxygens (including phenoxy) is 2. The molecule has 0 bridgehead atoms. The van der Waals surface area contributed by atoms with Gasteiger partial charge in [-0.25, -0.2) is 0 Å². The second kappa shape index (κ2) is 9.78. The summed E-state index contributed by atoms with van der Waals surface area (Å²) >= 11 is 0. The third-order valence-electron chi connectivity index (χ3n) is 4.96. The Balaban J connectivity index is 1.33. The third kappa shape index (κ3) is 6.01. The van der Waals surface area contributed by atoms with Crippen LogP contribution in [0.3, 0.4) is 0 Å². The lowest BCUT2D eigenvalue weighted by Crippen LogP contribution is -2.33. The molecule has 0 aromatic heterocycles. The maximum absolute atomic E-state index is 12.2. The predicted octanol–water partition coefficient (Wildman–Crippen LogP) is 2.85. The summed E-state index contributed by atoms with van der Waals surface area (Å²) < 4.78 is 11.3. The van der Waals surface area contributed by atoms with Crippen molar-refractivity contribution in [2.45, 2.75) is 44.6 Å². The molecular weight excluding hydrogens is 316 g/mol. The van der Waals surface area contributed by atoms with Crippen molar-refractivity contribution in [1.82, 2.24) is 10.2 Å². The number of hydrogen-bond acceptors (Lipinski definition) is 4. The van der Waals surface area contributed by atoms with E-state index in [4.69, 9.17) is 9.47 Å². The summed E-state index contributed by atoms with van der Waals surface area (Å²) in [7, 11) is 0. The highest BCUT2D eigenvalue weighted by molar-refractivity contribution is 5.94. The van der Waals surface area contributed by atoms with E-state index in [1.54, 1.807) is 0 Å². The number of piperidine rings is 1. The minimum Gasteiger partial charge on any atom is -0.491 e. The van der Waals surface area contributed by atoms with Gasteiger partial charge in [0.25, 0.3) is 5.91 Å².